The highest BCUT2D eigenvalue weighted by Gasteiger charge is 2.22. The smallest absolute Gasteiger partial charge is 0.238 e. The maximum Gasteiger partial charge on any atom is 0.238 e. The molecule has 0 aliphatic heterocycles. The van der Waals surface area contributed by atoms with Gasteiger partial charge in [0.2, 0.25) is 5.91 Å². The first kappa shape index (κ1) is 16.5. The van der Waals surface area contributed by atoms with Gasteiger partial charge in [0.05, 0.1) is 10.9 Å². The van der Waals surface area contributed by atoms with Gasteiger partial charge >= 0.3 is 0 Å². The van der Waals surface area contributed by atoms with Gasteiger partial charge in [-0.3, -0.25) is 4.79 Å². The van der Waals surface area contributed by atoms with Crippen LogP contribution in [0.15, 0.2) is 30.5 Å². The highest BCUT2D eigenvalue weighted by Crippen LogP contribution is 2.26. The van der Waals surface area contributed by atoms with Crippen molar-refractivity contribution in [2.45, 2.75) is 38.4 Å². The Labute approximate surface area is 135 Å². The van der Waals surface area contributed by atoms with Gasteiger partial charge < -0.3 is 5.32 Å². The number of nitrogens with zero attached hydrogens (tertiary/aromatic N) is 3. The van der Waals surface area contributed by atoms with Crippen LogP contribution in [0.3, 0.4) is 0 Å². The Bertz CT molecular complexity index is 646. The van der Waals surface area contributed by atoms with Crippen LogP contribution in [0.2, 0.25) is 0 Å². The molecule has 118 valence electrons. The van der Waals surface area contributed by atoms with Gasteiger partial charge in [-0.2, -0.15) is 21.5 Å². The predicted molar refractivity (Wildman–Crippen MR) is 91.7 cm³/mol. The van der Waals surface area contributed by atoms with E-state index in [1.807, 2.05) is 37.4 Å². The second-order valence-electron chi connectivity index (χ2n) is 6.13. The Balaban J connectivity index is 2.43. The van der Waals surface area contributed by atoms with E-state index in [2.05, 4.69) is 36.2 Å². The van der Waals surface area contributed by atoms with Gasteiger partial charge in [0.25, 0.3) is 0 Å². The molecule has 0 saturated heterocycles. The molecule has 1 N–H and O–H groups in total. The number of anilines is 1. The zero-order chi connectivity index (χ0) is 16.3. The molecule has 0 aliphatic rings. The number of amides is 1. The Kier molecular flexibility index (Phi) is 4.90. The summed E-state index contributed by atoms with van der Waals surface area (Å²) >= 11 is 1.51. The van der Waals surface area contributed by atoms with Crippen molar-refractivity contribution < 1.29 is 4.79 Å². The molecule has 2 aromatic heterocycles. The summed E-state index contributed by atoms with van der Waals surface area (Å²) in [6.45, 7) is 8.16. The predicted octanol–water partition coefficient (Wildman–Crippen LogP) is 3.25. The first-order valence-corrected chi connectivity index (χ1v) is 8.47. The summed E-state index contributed by atoms with van der Waals surface area (Å²) in [4.78, 5) is 16.5. The molecule has 2 rings (SSSR count). The summed E-state index contributed by atoms with van der Waals surface area (Å²) in [5.41, 5.74) is 0.801. The van der Waals surface area contributed by atoms with Crippen LogP contribution in [0, 0.1) is 0 Å². The minimum Gasteiger partial charge on any atom is -0.310 e. The second kappa shape index (κ2) is 6.52. The molecule has 0 radical (unpaired) electrons. The fourth-order valence-electron chi connectivity index (χ4n) is 1.83. The van der Waals surface area contributed by atoms with Crippen molar-refractivity contribution in [3.8, 4) is 5.82 Å². The third-order valence-corrected chi connectivity index (χ3v) is 4.24. The van der Waals surface area contributed by atoms with Crippen molar-refractivity contribution >= 4 is 23.5 Å². The summed E-state index contributed by atoms with van der Waals surface area (Å²) in [5, 5.41) is 7.46. The maximum absolute atomic E-state index is 12.2. The van der Waals surface area contributed by atoms with Crippen LogP contribution in [0.25, 0.3) is 5.82 Å². The number of carbonyl (C=O) groups excluding carboxylic acids is 1. The van der Waals surface area contributed by atoms with Crippen molar-refractivity contribution in [3.05, 3.63) is 36.2 Å². The summed E-state index contributed by atoms with van der Waals surface area (Å²) in [6, 6.07) is 7.54. The van der Waals surface area contributed by atoms with Gasteiger partial charge in [-0.15, -0.1) is 0 Å². The zero-order valence-electron chi connectivity index (χ0n) is 13.6. The summed E-state index contributed by atoms with van der Waals surface area (Å²) in [7, 11) is 0. The molecule has 2 heterocycles. The molecule has 0 unspecified atom stereocenters. The number of hydrogen-bond donors (Lipinski definition) is 1. The Morgan fingerprint density at radius 3 is 2.64 bits per heavy atom. The average molecular weight is 318 g/mol. The van der Waals surface area contributed by atoms with E-state index in [9.17, 15) is 4.79 Å². The first-order chi connectivity index (χ1) is 10.3. The fraction of sp³-hybridized carbons (Fsp3) is 0.438. The molecule has 2 aromatic rings. The van der Waals surface area contributed by atoms with Crippen molar-refractivity contribution in [3.63, 3.8) is 0 Å². The van der Waals surface area contributed by atoms with Crippen LogP contribution in [0.5, 0.6) is 0 Å². The lowest BCUT2D eigenvalue weighted by atomic mass is 9.92. The van der Waals surface area contributed by atoms with E-state index in [1.165, 1.54) is 11.8 Å². The lowest BCUT2D eigenvalue weighted by Crippen LogP contribution is -2.23. The number of rotatable bonds is 4. The van der Waals surface area contributed by atoms with Crippen molar-refractivity contribution in [1.82, 2.24) is 14.8 Å². The summed E-state index contributed by atoms with van der Waals surface area (Å²) in [5.74, 6) is 1.30. The molecule has 0 aromatic carbocycles. The van der Waals surface area contributed by atoms with Crippen LogP contribution < -0.4 is 5.32 Å². The molecule has 5 nitrogen and oxygen atoms in total. The van der Waals surface area contributed by atoms with E-state index in [1.54, 1.807) is 10.9 Å². The topological polar surface area (TPSA) is 59.8 Å². The molecule has 0 saturated carbocycles. The molecule has 1 atom stereocenters. The fourth-order valence-corrected chi connectivity index (χ4v) is 2.10. The minimum atomic E-state index is -0.120. The maximum atomic E-state index is 12.2. The summed E-state index contributed by atoms with van der Waals surface area (Å²) < 4.78 is 1.69. The van der Waals surface area contributed by atoms with E-state index in [-0.39, 0.29) is 16.6 Å². The molecular formula is C16H22N4OS. The Morgan fingerprint density at radius 2 is 2.09 bits per heavy atom. The standard InChI is InChI=1S/C16H22N4OS/c1-11(22-5)15(21)18-14-10-12(16(2,3)4)19-20(14)13-8-6-7-9-17-13/h6-11H,1-5H3,(H,18,21)/t11-/m0/s1. The number of nitrogens with one attached hydrogen (secondary N) is 1. The molecule has 0 aliphatic carbocycles. The van der Waals surface area contributed by atoms with Crippen LogP contribution in [0.1, 0.15) is 33.4 Å². The van der Waals surface area contributed by atoms with Crippen LogP contribution in [-0.2, 0) is 10.2 Å². The van der Waals surface area contributed by atoms with Crippen molar-refractivity contribution in [2.75, 3.05) is 11.6 Å². The average Bonchev–Trinajstić information content (AvgIpc) is 2.91. The van der Waals surface area contributed by atoms with Crippen LogP contribution in [-0.4, -0.2) is 32.2 Å². The molecule has 0 bridgehead atoms. The number of aromatic nitrogens is 3. The van der Waals surface area contributed by atoms with Crippen LogP contribution >= 0.6 is 11.8 Å². The normalized spacial score (nSPS) is 13.0. The lowest BCUT2D eigenvalue weighted by molar-refractivity contribution is -0.115. The molecule has 1 amide bonds. The van der Waals surface area contributed by atoms with E-state index < -0.39 is 0 Å². The number of hydrogen-bond acceptors (Lipinski definition) is 4. The lowest BCUT2D eigenvalue weighted by Gasteiger charge is -2.13. The quantitative estimate of drug-likeness (QED) is 0.940. The Morgan fingerprint density at radius 1 is 1.36 bits per heavy atom. The second-order valence-corrected chi connectivity index (χ2v) is 7.31. The molecule has 6 heteroatoms. The first-order valence-electron chi connectivity index (χ1n) is 7.18. The number of carbonyl (C=O) groups is 1. The van der Waals surface area contributed by atoms with Gasteiger partial charge in [0.1, 0.15) is 5.82 Å². The van der Waals surface area contributed by atoms with Crippen LogP contribution in [0.4, 0.5) is 5.82 Å². The third kappa shape index (κ3) is 3.68. The SMILES string of the molecule is CS[C@@H](C)C(=O)Nc1cc(C(C)(C)C)nn1-c1ccccn1. The van der Waals surface area contributed by atoms with Gasteiger partial charge in [-0.25, -0.2) is 4.98 Å². The highest BCUT2D eigenvalue weighted by atomic mass is 32.2. The molecule has 0 fully saturated rings. The van der Waals surface area contributed by atoms with Gasteiger partial charge in [0, 0.05) is 17.7 Å². The van der Waals surface area contributed by atoms with E-state index >= 15 is 0 Å². The van der Waals surface area contributed by atoms with Crippen molar-refractivity contribution in [2.24, 2.45) is 0 Å². The Hall–Kier alpha value is -1.82. The van der Waals surface area contributed by atoms with Crippen molar-refractivity contribution in [1.29, 1.82) is 0 Å². The van der Waals surface area contributed by atoms with Gasteiger partial charge in [-0.1, -0.05) is 26.8 Å². The van der Waals surface area contributed by atoms with Gasteiger partial charge in [-0.05, 0) is 25.3 Å². The number of pyridine rings is 1. The van der Waals surface area contributed by atoms with E-state index in [4.69, 9.17) is 0 Å². The minimum absolute atomic E-state index is 0.0370. The molecule has 0 spiro atoms. The molecule has 22 heavy (non-hydrogen) atoms. The highest BCUT2D eigenvalue weighted by molar-refractivity contribution is 7.99. The van der Waals surface area contributed by atoms with E-state index in [0.717, 1.165) is 5.69 Å². The zero-order valence-corrected chi connectivity index (χ0v) is 14.4. The monoisotopic (exact) mass is 318 g/mol. The van der Waals surface area contributed by atoms with E-state index in [0.29, 0.717) is 11.6 Å². The molecular weight excluding hydrogens is 296 g/mol. The summed E-state index contributed by atoms with van der Waals surface area (Å²) in [6.07, 6.45) is 3.63. The largest absolute Gasteiger partial charge is 0.310 e. The van der Waals surface area contributed by atoms with Gasteiger partial charge in [0.15, 0.2) is 5.82 Å². The number of thioether (sulfide) groups is 1. The third-order valence-electron chi connectivity index (χ3n) is 3.32.